The number of benzene rings is 13. The number of fused-ring (bicyclic) bond motifs is 10. The molecule has 60 heavy (non-hydrogen) atoms. The second-order valence-corrected chi connectivity index (χ2v) is 17.0. The van der Waals surface area contributed by atoms with Crippen LogP contribution in [0.3, 0.4) is 0 Å². The molecule has 0 bridgehead atoms. The lowest BCUT2D eigenvalue weighted by molar-refractivity contribution is 1.61. The summed E-state index contributed by atoms with van der Waals surface area (Å²) in [6, 6.07) is 73.4. The van der Waals surface area contributed by atoms with Crippen LogP contribution in [0.5, 0.6) is 0 Å². The number of hydrogen-bond acceptors (Lipinski definition) is 0. The van der Waals surface area contributed by atoms with E-state index in [0.717, 1.165) is 0 Å². The van der Waals surface area contributed by atoms with E-state index in [1.54, 1.807) is 0 Å². The molecule has 0 aliphatic heterocycles. The normalized spacial score (nSPS) is 12.7. The van der Waals surface area contributed by atoms with E-state index in [1.165, 1.54) is 152 Å². The van der Waals surface area contributed by atoms with Crippen molar-refractivity contribution in [3.05, 3.63) is 194 Å². The van der Waals surface area contributed by atoms with Crippen LogP contribution in [0.25, 0.3) is 152 Å². The van der Waals surface area contributed by atoms with Crippen molar-refractivity contribution in [1.82, 2.24) is 0 Å². The van der Waals surface area contributed by atoms with Gasteiger partial charge in [0.15, 0.2) is 0 Å². The van der Waals surface area contributed by atoms with Gasteiger partial charge in [-0.1, -0.05) is 182 Å². The maximum Gasteiger partial charge on any atom is -0.000697 e. The Bertz CT molecular complexity index is 4250. The topological polar surface area (TPSA) is 0 Å². The molecule has 0 heterocycles. The average molecular weight is 753 g/mol. The van der Waals surface area contributed by atoms with Crippen molar-refractivity contribution in [2.24, 2.45) is 0 Å². The molecule has 0 atom stereocenters. The lowest BCUT2D eigenvalue weighted by Crippen LogP contribution is -1.91. The molecule has 0 unspecified atom stereocenters. The molecule has 0 nitrogen and oxygen atoms in total. The SMILES string of the molecule is c1ccc(-c2ccccc2-c2c3ccccc3c(-c3ccccc3)c3c4ccc5c6ccc7c8c9ccccc9ccc8c8cc9ccc%10cc(c23)c4c5c%10c9c6c87)cc1. The van der Waals surface area contributed by atoms with E-state index in [1.807, 2.05) is 0 Å². The van der Waals surface area contributed by atoms with Crippen molar-refractivity contribution in [3.8, 4) is 33.4 Å². The molecular weight excluding hydrogens is 721 g/mol. The first-order valence-corrected chi connectivity index (χ1v) is 21.1. The molecule has 15 aromatic carbocycles. The highest BCUT2D eigenvalue weighted by Crippen LogP contribution is 2.57. The summed E-state index contributed by atoms with van der Waals surface area (Å²) >= 11 is 0. The van der Waals surface area contributed by atoms with Crippen LogP contribution in [0.15, 0.2) is 194 Å². The molecule has 0 spiro atoms. The van der Waals surface area contributed by atoms with Gasteiger partial charge in [0, 0.05) is 0 Å². The molecule has 0 aromatic heterocycles. The van der Waals surface area contributed by atoms with Gasteiger partial charge in [-0.25, -0.2) is 0 Å². The molecule has 0 fully saturated rings. The van der Waals surface area contributed by atoms with Gasteiger partial charge in [0.05, 0.1) is 0 Å². The molecule has 0 aliphatic carbocycles. The molecule has 0 amide bonds. The van der Waals surface area contributed by atoms with Crippen molar-refractivity contribution in [3.63, 3.8) is 0 Å². The van der Waals surface area contributed by atoms with Crippen molar-refractivity contribution >= 4 is 118 Å². The minimum absolute atomic E-state index is 1.23. The zero-order valence-electron chi connectivity index (χ0n) is 32.5. The molecular formula is C60H32. The van der Waals surface area contributed by atoms with Gasteiger partial charge in [-0.05, 0) is 164 Å². The van der Waals surface area contributed by atoms with E-state index in [0.29, 0.717) is 0 Å². The third kappa shape index (κ3) is 3.70. The Morgan fingerprint density at radius 2 is 0.650 bits per heavy atom. The van der Waals surface area contributed by atoms with E-state index < -0.39 is 0 Å². The van der Waals surface area contributed by atoms with E-state index in [2.05, 4.69) is 194 Å². The molecule has 0 radical (unpaired) electrons. The highest BCUT2D eigenvalue weighted by molar-refractivity contribution is 6.52. The van der Waals surface area contributed by atoms with Crippen molar-refractivity contribution in [2.45, 2.75) is 0 Å². The highest BCUT2D eigenvalue weighted by atomic mass is 14.3. The second kappa shape index (κ2) is 11.0. The summed E-state index contributed by atoms with van der Waals surface area (Å²) in [5, 5.41) is 29.7. The lowest BCUT2D eigenvalue weighted by atomic mass is 9.83. The predicted molar refractivity (Wildman–Crippen MR) is 260 cm³/mol. The van der Waals surface area contributed by atoms with Gasteiger partial charge in [0.2, 0.25) is 0 Å². The summed E-state index contributed by atoms with van der Waals surface area (Å²) in [5.41, 5.74) is 7.61. The molecule has 272 valence electrons. The summed E-state index contributed by atoms with van der Waals surface area (Å²) < 4.78 is 0. The molecule has 0 saturated carbocycles. The smallest absolute Gasteiger partial charge is 0.000697 e. The Morgan fingerprint density at radius 1 is 0.183 bits per heavy atom. The lowest BCUT2D eigenvalue weighted by Gasteiger charge is -2.19. The average Bonchev–Trinajstić information content (AvgIpc) is 3.82. The zero-order valence-corrected chi connectivity index (χ0v) is 32.5. The van der Waals surface area contributed by atoms with Crippen LogP contribution in [-0.4, -0.2) is 0 Å². The summed E-state index contributed by atoms with van der Waals surface area (Å²) in [6.45, 7) is 0. The first-order valence-electron chi connectivity index (χ1n) is 21.1. The van der Waals surface area contributed by atoms with E-state index in [-0.39, 0.29) is 0 Å². The Hall–Kier alpha value is -7.80. The largest absolute Gasteiger partial charge is 0.0622 e. The van der Waals surface area contributed by atoms with Gasteiger partial charge in [0.25, 0.3) is 0 Å². The maximum atomic E-state index is 2.55. The first kappa shape index (κ1) is 31.2. The third-order valence-corrected chi connectivity index (χ3v) is 14.2. The summed E-state index contributed by atoms with van der Waals surface area (Å²) in [7, 11) is 0. The van der Waals surface area contributed by atoms with E-state index >= 15 is 0 Å². The Balaban J connectivity index is 1.19. The Morgan fingerprint density at radius 3 is 1.37 bits per heavy atom. The van der Waals surface area contributed by atoms with Crippen LogP contribution in [0.4, 0.5) is 0 Å². The predicted octanol–water partition coefficient (Wildman–Crippen LogP) is 17.1. The third-order valence-electron chi connectivity index (χ3n) is 14.2. The summed E-state index contributed by atoms with van der Waals surface area (Å²) in [5.74, 6) is 0. The monoisotopic (exact) mass is 752 g/mol. The fourth-order valence-corrected chi connectivity index (χ4v) is 11.9. The van der Waals surface area contributed by atoms with E-state index in [9.17, 15) is 0 Å². The van der Waals surface area contributed by atoms with Gasteiger partial charge in [-0.3, -0.25) is 0 Å². The van der Waals surface area contributed by atoms with Crippen molar-refractivity contribution in [2.75, 3.05) is 0 Å². The van der Waals surface area contributed by atoms with Gasteiger partial charge in [-0.15, -0.1) is 0 Å². The van der Waals surface area contributed by atoms with Gasteiger partial charge in [0.1, 0.15) is 0 Å². The summed E-state index contributed by atoms with van der Waals surface area (Å²) in [4.78, 5) is 0. The van der Waals surface area contributed by atoms with Crippen molar-refractivity contribution < 1.29 is 0 Å². The van der Waals surface area contributed by atoms with Crippen LogP contribution >= 0.6 is 0 Å². The van der Waals surface area contributed by atoms with Crippen molar-refractivity contribution in [1.29, 1.82) is 0 Å². The quantitative estimate of drug-likeness (QED) is 0.125. The van der Waals surface area contributed by atoms with Crippen LogP contribution in [-0.2, 0) is 0 Å². The van der Waals surface area contributed by atoms with Crippen LogP contribution in [0.2, 0.25) is 0 Å². The standard InChI is InChI=1S/C60H32/c1-3-13-33(14-4-1)38-18-9-10-20-40(38)54-42-22-12-11-21-41(42)50(35-16-5-2-6-17-35)59-47-30-28-44-43-27-29-46-53-39-19-8-7-15-34(39)25-26-45(53)48-31-36-23-24-37-32-49(60(54)59)56(47)58(44)52(37)51(36)57(43)55(46)48/h1-32H. The molecule has 0 aliphatic rings. The fourth-order valence-electron chi connectivity index (χ4n) is 11.9. The van der Waals surface area contributed by atoms with Crippen LogP contribution < -0.4 is 0 Å². The molecule has 0 saturated heterocycles. The Labute approximate surface area is 344 Å². The minimum Gasteiger partial charge on any atom is -0.0622 e. The fraction of sp³-hybridized carbons (Fsp3) is 0. The Kier molecular flexibility index (Phi) is 5.74. The maximum absolute atomic E-state index is 2.55. The first-order chi connectivity index (χ1) is 29.8. The van der Waals surface area contributed by atoms with Crippen LogP contribution in [0, 0.1) is 0 Å². The summed E-state index contributed by atoms with van der Waals surface area (Å²) in [6.07, 6.45) is 0. The number of hydrogen-bond donors (Lipinski definition) is 0. The zero-order chi connectivity index (χ0) is 38.8. The van der Waals surface area contributed by atoms with E-state index in [4.69, 9.17) is 0 Å². The number of rotatable bonds is 3. The van der Waals surface area contributed by atoms with Crippen LogP contribution in [0.1, 0.15) is 0 Å². The molecule has 0 heteroatoms. The molecule has 15 aromatic rings. The van der Waals surface area contributed by atoms with Gasteiger partial charge < -0.3 is 0 Å². The minimum atomic E-state index is 1.23. The second-order valence-electron chi connectivity index (χ2n) is 17.0. The van der Waals surface area contributed by atoms with Gasteiger partial charge in [-0.2, -0.15) is 0 Å². The molecule has 15 rings (SSSR count). The van der Waals surface area contributed by atoms with Gasteiger partial charge >= 0.3 is 0 Å². The molecule has 0 N–H and O–H groups in total. The highest BCUT2D eigenvalue weighted by Gasteiger charge is 2.29.